The van der Waals surface area contributed by atoms with E-state index in [4.69, 9.17) is 0 Å². The van der Waals surface area contributed by atoms with E-state index in [0.29, 0.717) is 11.1 Å². The molecule has 0 aliphatic carbocycles. The highest BCUT2D eigenvalue weighted by atomic mass is 16.3. The molecule has 0 aromatic heterocycles. The van der Waals surface area contributed by atoms with Crippen molar-refractivity contribution in [3.63, 3.8) is 0 Å². The maximum absolute atomic E-state index is 12.1. The average molecular weight is 243 g/mol. The normalized spacial score (nSPS) is 21.5. The summed E-state index contributed by atoms with van der Waals surface area (Å²) >= 11 is 0. The number of benzene rings is 1. The molecular formula is C15H17NO2. The molecule has 1 aliphatic rings. The van der Waals surface area contributed by atoms with Crippen molar-refractivity contribution in [3.8, 4) is 12.0 Å². The molecule has 1 aromatic carbocycles. The van der Waals surface area contributed by atoms with Crippen LogP contribution < -0.4 is 0 Å². The second kappa shape index (κ2) is 4.83. The smallest absolute Gasteiger partial charge is 0.268 e. The van der Waals surface area contributed by atoms with Crippen molar-refractivity contribution < 1.29 is 9.90 Å². The third-order valence-corrected chi connectivity index (χ3v) is 3.15. The molecule has 1 atom stereocenters. The lowest BCUT2D eigenvalue weighted by Crippen LogP contribution is -2.37. The number of carbonyl (C=O) groups is 1. The largest absolute Gasteiger partial charge is 0.366 e. The minimum atomic E-state index is -1.33. The molecule has 0 saturated carbocycles. The van der Waals surface area contributed by atoms with Gasteiger partial charge in [-0.15, -0.1) is 0 Å². The number of unbranched alkanes of at least 4 members (excludes halogenated alkanes) is 2. The van der Waals surface area contributed by atoms with Crippen molar-refractivity contribution >= 4 is 5.91 Å². The highest BCUT2D eigenvalue weighted by molar-refractivity contribution is 6.00. The van der Waals surface area contributed by atoms with E-state index in [1.807, 2.05) is 6.07 Å². The molecule has 0 saturated heterocycles. The molecule has 94 valence electrons. The van der Waals surface area contributed by atoms with Gasteiger partial charge in [-0.25, -0.2) is 4.90 Å². The van der Waals surface area contributed by atoms with Crippen LogP contribution in [0.15, 0.2) is 24.3 Å². The van der Waals surface area contributed by atoms with Crippen LogP contribution in [0.5, 0.6) is 0 Å². The standard InChI is InChI=1S/C15H17NO2/c1-3-4-5-8-11-16-14(17)12-9-6-7-10-13(12)15(16,2)18/h6-7,9-10,18H,3-5H2,1-2H3. The van der Waals surface area contributed by atoms with Crippen molar-refractivity contribution in [1.29, 1.82) is 0 Å². The van der Waals surface area contributed by atoms with Crippen molar-refractivity contribution in [1.82, 2.24) is 4.90 Å². The van der Waals surface area contributed by atoms with E-state index in [9.17, 15) is 9.90 Å². The van der Waals surface area contributed by atoms with E-state index in [1.54, 1.807) is 25.1 Å². The first-order valence-electron chi connectivity index (χ1n) is 6.24. The first-order valence-corrected chi connectivity index (χ1v) is 6.24. The van der Waals surface area contributed by atoms with Crippen LogP contribution >= 0.6 is 0 Å². The number of carbonyl (C=O) groups excluding carboxylic acids is 1. The molecule has 0 bridgehead atoms. The first kappa shape index (κ1) is 12.7. The summed E-state index contributed by atoms with van der Waals surface area (Å²) in [5.74, 6) is 2.72. The predicted molar refractivity (Wildman–Crippen MR) is 69.5 cm³/mol. The lowest BCUT2D eigenvalue weighted by Gasteiger charge is -2.25. The number of hydrogen-bond acceptors (Lipinski definition) is 2. The molecule has 1 heterocycles. The Balaban J connectivity index is 2.29. The summed E-state index contributed by atoms with van der Waals surface area (Å²) in [5.41, 5.74) is -0.167. The summed E-state index contributed by atoms with van der Waals surface area (Å²) < 4.78 is 0. The second-order valence-electron chi connectivity index (χ2n) is 4.60. The zero-order chi connectivity index (χ0) is 13.2. The Morgan fingerprint density at radius 3 is 2.78 bits per heavy atom. The maximum Gasteiger partial charge on any atom is 0.268 e. The van der Waals surface area contributed by atoms with E-state index in [2.05, 4.69) is 18.9 Å². The van der Waals surface area contributed by atoms with Crippen LogP contribution in [0.2, 0.25) is 0 Å². The first-order chi connectivity index (χ1) is 8.59. The number of hydrogen-bond donors (Lipinski definition) is 1. The summed E-state index contributed by atoms with van der Waals surface area (Å²) in [6, 6.07) is 9.88. The van der Waals surface area contributed by atoms with Crippen molar-refractivity contribution in [2.24, 2.45) is 0 Å². The Hall–Kier alpha value is -1.79. The second-order valence-corrected chi connectivity index (χ2v) is 4.60. The zero-order valence-corrected chi connectivity index (χ0v) is 10.7. The molecule has 1 amide bonds. The monoisotopic (exact) mass is 243 g/mol. The van der Waals surface area contributed by atoms with Crippen LogP contribution in [0.3, 0.4) is 0 Å². The SMILES string of the molecule is CCCCC#CN1C(=O)c2ccccc2C1(C)O. The van der Waals surface area contributed by atoms with Gasteiger partial charge in [-0.05, 0) is 19.4 Å². The van der Waals surface area contributed by atoms with Gasteiger partial charge in [0.1, 0.15) is 0 Å². The highest BCUT2D eigenvalue weighted by Crippen LogP contribution is 2.35. The molecule has 2 rings (SSSR count). The van der Waals surface area contributed by atoms with Gasteiger partial charge in [-0.1, -0.05) is 37.5 Å². The summed E-state index contributed by atoms with van der Waals surface area (Å²) in [5, 5.41) is 10.4. The van der Waals surface area contributed by atoms with Gasteiger partial charge in [0.2, 0.25) is 0 Å². The Labute approximate surface area is 107 Å². The lowest BCUT2D eigenvalue weighted by molar-refractivity contribution is -0.0396. The quantitative estimate of drug-likeness (QED) is 0.640. The van der Waals surface area contributed by atoms with E-state index in [-0.39, 0.29) is 5.91 Å². The fourth-order valence-electron chi connectivity index (χ4n) is 2.08. The fourth-order valence-corrected chi connectivity index (χ4v) is 2.08. The summed E-state index contributed by atoms with van der Waals surface area (Å²) in [7, 11) is 0. The molecule has 0 radical (unpaired) electrons. The van der Waals surface area contributed by atoms with E-state index < -0.39 is 5.72 Å². The van der Waals surface area contributed by atoms with Gasteiger partial charge in [0, 0.05) is 23.6 Å². The van der Waals surface area contributed by atoms with Crippen LogP contribution in [-0.2, 0) is 5.72 Å². The predicted octanol–water partition coefficient (Wildman–Crippen LogP) is 2.46. The van der Waals surface area contributed by atoms with Gasteiger partial charge in [-0.3, -0.25) is 4.79 Å². The number of fused-ring (bicyclic) bond motifs is 1. The van der Waals surface area contributed by atoms with Crippen molar-refractivity contribution in [2.45, 2.75) is 38.8 Å². The molecule has 1 aromatic rings. The molecule has 1 N–H and O–H groups in total. The zero-order valence-electron chi connectivity index (χ0n) is 10.7. The van der Waals surface area contributed by atoms with E-state index in [0.717, 1.165) is 19.3 Å². The number of nitrogens with zero attached hydrogens (tertiary/aromatic N) is 1. The molecular weight excluding hydrogens is 226 g/mol. The molecule has 0 fully saturated rings. The summed E-state index contributed by atoms with van der Waals surface area (Å²) in [6.45, 7) is 3.69. The number of amides is 1. The molecule has 0 spiro atoms. The minimum absolute atomic E-state index is 0.223. The van der Waals surface area contributed by atoms with Crippen LogP contribution in [0.4, 0.5) is 0 Å². The highest BCUT2D eigenvalue weighted by Gasteiger charge is 2.44. The van der Waals surface area contributed by atoms with Gasteiger partial charge in [0.05, 0.1) is 0 Å². The third-order valence-electron chi connectivity index (χ3n) is 3.15. The van der Waals surface area contributed by atoms with Gasteiger partial charge in [0.25, 0.3) is 5.91 Å². The van der Waals surface area contributed by atoms with Crippen molar-refractivity contribution in [3.05, 3.63) is 35.4 Å². The number of aliphatic hydroxyl groups is 1. The van der Waals surface area contributed by atoms with Gasteiger partial charge in [0.15, 0.2) is 5.72 Å². The van der Waals surface area contributed by atoms with Crippen LogP contribution in [0.25, 0.3) is 0 Å². The van der Waals surface area contributed by atoms with E-state index >= 15 is 0 Å². The topological polar surface area (TPSA) is 40.5 Å². The average Bonchev–Trinajstić information content (AvgIpc) is 2.55. The Morgan fingerprint density at radius 1 is 1.39 bits per heavy atom. The van der Waals surface area contributed by atoms with Gasteiger partial charge in [-0.2, -0.15) is 0 Å². The third kappa shape index (κ3) is 2.00. The van der Waals surface area contributed by atoms with Crippen LogP contribution in [-0.4, -0.2) is 15.9 Å². The summed E-state index contributed by atoms with van der Waals surface area (Å²) in [6.07, 6.45) is 2.82. The molecule has 18 heavy (non-hydrogen) atoms. The number of rotatable bonds is 2. The lowest BCUT2D eigenvalue weighted by atomic mass is 10.0. The molecule has 1 unspecified atom stereocenters. The van der Waals surface area contributed by atoms with Gasteiger partial charge < -0.3 is 5.11 Å². The summed E-state index contributed by atoms with van der Waals surface area (Å²) in [4.78, 5) is 13.4. The minimum Gasteiger partial charge on any atom is -0.366 e. The van der Waals surface area contributed by atoms with Crippen molar-refractivity contribution in [2.75, 3.05) is 0 Å². The molecule has 3 nitrogen and oxygen atoms in total. The fraction of sp³-hybridized carbons (Fsp3) is 0.400. The van der Waals surface area contributed by atoms with Crippen LogP contribution in [0, 0.1) is 12.0 Å². The maximum atomic E-state index is 12.1. The molecule has 3 heteroatoms. The van der Waals surface area contributed by atoms with E-state index in [1.165, 1.54) is 4.90 Å². The molecule has 1 aliphatic heterocycles. The van der Waals surface area contributed by atoms with Crippen LogP contribution in [0.1, 0.15) is 49.0 Å². The Morgan fingerprint density at radius 2 is 2.11 bits per heavy atom. The Bertz CT molecular complexity index is 523. The Kier molecular flexibility index (Phi) is 3.40. The van der Waals surface area contributed by atoms with Gasteiger partial charge >= 0.3 is 0 Å².